The zero-order valence-corrected chi connectivity index (χ0v) is 14.9. The number of hydrogen-bond acceptors (Lipinski definition) is 3. The highest BCUT2D eigenvalue weighted by molar-refractivity contribution is 9.11. The van der Waals surface area contributed by atoms with Crippen LogP contribution in [0.5, 0.6) is 11.5 Å². The van der Waals surface area contributed by atoms with Crippen molar-refractivity contribution in [3.05, 3.63) is 44.1 Å². The SMILES string of the molecule is COc1ccc(OC)c(C(Br)c2cc(C)c(Br)s2)c1. The van der Waals surface area contributed by atoms with Crippen molar-refractivity contribution in [3.63, 3.8) is 0 Å². The minimum absolute atomic E-state index is 0.0903. The standard InChI is InChI=1S/C14H14Br2O2S/c1-8-6-12(19-14(8)16)13(15)10-7-9(17-2)4-5-11(10)18-3/h4-7,13H,1-3H3. The van der Waals surface area contributed by atoms with Crippen molar-refractivity contribution in [2.45, 2.75) is 11.8 Å². The minimum Gasteiger partial charge on any atom is -0.497 e. The van der Waals surface area contributed by atoms with Crippen LogP contribution >= 0.6 is 43.2 Å². The molecule has 1 unspecified atom stereocenters. The van der Waals surface area contributed by atoms with E-state index >= 15 is 0 Å². The molecular weight excluding hydrogens is 392 g/mol. The van der Waals surface area contributed by atoms with Crippen molar-refractivity contribution in [2.24, 2.45) is 0 Å². The van der Waals surface area contributed by atoms with Crippen LogP contribution in [0.25, 0.3) is 0 Å². The van der Waals surface area contributed by atoms with E-state index in [-0.39, 0.29) is 4.83 Å². The monoisotopic (exact) mass is 404 g/mol. The molecule has 1 aromatic carbocycles. The summed E-state index contributed by atoms with van der Waals surface area (Å²) in [5.41, 5.74) is 2.31. The third kappa shape index (κ3) is 3.15. The summed E-state index contributed by atoms with van der Waals surface area (Å²) >= 11 is 9.04. The van der Waals surface area contributed by atoms with Crippen LogP contribution in [0, 0.1) is 6.92 Å². The van der Waals surface area contributed by atoms with Crippen molar-refractivity contribution >= 4 is 43.2 Å². The van der Waals surface area contributed by atoms with Gasteiger partial charge in [0.25, 0.3) is 0 Å². The second kappa shape index (κ2) is 6.29. The molecule has 1 heterocycles. The molecular formula is C14H14Br2O2S. The average molecular weight is 406 g/mol. The number of alkyl halides is 1. The predicted octanol–water partition coefficient (Wildman–Crippen LogP) is 5.32. The minimum atomic E-state index is 0.0903. The van der Waals surface area contributed by atoms with E-state index in [0.29, 0.717) is 0 Å². The van der Waals surface area contributed by atoms with Crippen molar-refractivity contribution < 1.29 is 9.47 Å². The molecule has 1 aromatic heterocycles. The summed E-state index contributed by atoms with van der Waals surface area (Å²) in [6.45, 7) is 2.09. The quantitative estimate of drug-likeness (QED) is 0.640. The van der Waals surface area contributed by atoms with Crippen molar-refractivity contribution in [1.29, 1.82) is 0 Å². The summed E-state index contributed by atoms with van der Waals surface area (Å²) < 4.78 is 11.9. The third-order valence-corrected chi connectivity index (χ3v) is 6.33. The van der Waals surface area contributed by atoms with Crippen LogP contribution in [-0.4, -0.2) is 14.2 Å². The van der Waals surface area contributed by atoms with Gasteiger partial charge < -0.3 is 9.47 Å². The Morgan fingerprint density at radius 3 is 2.42 bits per heavy atom. The van der Waals surface area contributed by atoms with Gasteiger partial charge in [0.05, 0.1) is 22.8 Å². The Bertz CT molecular complexity index is 561. The highest BCUT2D eigenvalue weighted by Gasteiger charge is 2.19. The zero-order valence-electron chi connectivity index (χ0n) is 10.9. The molecule has 2 rings (SSSR count). The fourth-order valence-electron chi connectivity index (χ4n) is 1.80. The molecule has 102 valence electrons. The van der Waals surface area contributed by atoms with E-state index < -0.39 is 0 Å². The summed E-state index contributed by atoms with van der Waals surface area (Å²) in [5.74, 6) is 1.68. The number of aryl methyl sites for hydroxylation is 1. The van der Waals surface area contributed by atoms with Crippen LogP contribution in [0.4, 0.5) is 0 Å². The van der Waals surface area contributed by atoms with Gasteiger partial charge in [-0.1, -0.05) is 15.9 Å². The number of ether oxygens (including phenoxy) is 2. The van der Waals surface area contributed by atoms with E-state index in [4.69, 9.17) is 9.47 Å². The molecule has 0 aliphatic carbocycles. The van der Waals surface area contributed by atoms with Gasteiger partial charge in [0.2, 0.25) is 0 Å². The van der Waals surface area contributed by atoms with Gasteiger partial charge in [-0.3, -0.25) is 0 Å². The van der Waals surface area contributed by atoms with E-state index in [1.165, 1.54) is 10.4 Å². The highest BCUT2D eigenvalue weighted by Crippen LogP contribution is 2.43. The Balaban J connectivity index is 2.44. The summed E-state index contributed by atoms with van der Waals surface area (Å²) in [4.78, 5) is 1.32. The molecule has 0 N–H and O–H groups in total. The maximum absolute atomic E-state index is 5.43. The molecule has 0 aliphatic heterocycles. The number of methoxy groups -OCH3 is 2. The Hall–Kier alpha value is -0.520. The molecule has 0 spiro atoms. The summed E-state index contributed by atoms with van der Waals surface area (Å²) in [6.07, 6.45) is 0. The maximum Gasteiger partial charge on any atom is 0.123 e. The molecule has 0 saturated heterocycles. The van der Waals surface area contributed by atoms with Crippen LogP contribution < -0.4 is 9.47 Å². The number of benzene rings is 1. The van der Waals surface area contributed by atoms with Gasteiger partial charge >= 0.3 is 0 Å². The fraction of sp³-hybridized carbons (Fsp3) is 0.286. The summed E-state index contributed by atoms with van der Waals surface area (Å²) in [5, 5.41) is 0. The molecule has 0 amide bonds. The van der Waals surface area contributed by atoms with Crippen LogP contribution in [0.2, 0.25) is 0 Å². The second-order valence-corrected chi connectivity index (χ2v) is 7.39. The largest absolute Gasteiger partial charge is 0.497 e. The van der Waals surface area contributed by atoms with Crippen LogP contribution in [0.1, 0.15) is 20.8 Å². The Morgan fingerprint density at radius 1 is 1.16 bits per heavy atom. The van der Waals surface area contributed by atoms with E-state index in [0.717, 1.165) is 20.8 Å². The lowest BCUT2D eigenvalue weighted by Crippen LogP contribution is -1.96. The Labute approximate surface area is 134 Å². The molecule has 2 aromatic rings. The van der Waals surface area contributed by atoms with E-state index in [1.54, 1.807) is 25.6 Å². The third-order valence-electron chi connectivity index (χ3n) is 2.84. The molecule has 2 nitrogen and oxygen atoms in total. The van der Waals surface area contributed by atoms with Crippen molar-refractivity contribution in [1.82, 2.24) is 0 Å². The summed E-state index contributed by atoms with van der Waals surface area (Å²) in [6, 6.07) is 8.00. The van der Waals surface area contributed by atoms with Gasteiger partial charge in [-0.2, -0.15) is 0 Å². The predicted molar refractivity (Wildman–Crippen MR) is 87.1 cm³/mol. The second-order valence-electron chi connectivity index (χ2n) is 4.08. The van der Waals surface area contributed by atoms with Gasteiger partial charge in [0, 0.05) is 10.4 Å². The normalized spacial score (nSPS) is 12.3. The maximum atomic E-state index is 5.43. The van der Waals surface area contributed by atoms with Gasteiger partial charge in [-0.15, -0.1) is 11.3 Å². The molecule has 0 fully saturated rings. The number of thiophene rings is 1. The van der Waals surface area contributed by atoms with Gasteiger partial charge in [0.15, 0.2) is 0 Å². The molecule has 1 atom stereocenters. The Morgan fingerprint density at radius 2 is 1.89 bits per heavy atom. The van der Waals surface area contributed by atoms with Gasteiger partial charge in [0.1, 0.15) is 11.5 Å². The van der Waals surface area contributed by atoms with Crippen LogP contribution in [0.3, 0.4) is 0 Å². The van der Waals surface area contributed by atoms with Gasteiger partial charge in [-0.05, 0) is 52.7 Å². The van der Waals surface area contributed by atoms with Gasteiger partial charge in [-0.25, -0.2) is 0 Å². The van der Waals surface area contributed by atoms with E-state index in [1.807, 2.05) is 18.2 Å². The molecule has 19 heavy (non-hydrogen) atoms. The van der Waals surface area contributed by atoms with Crippen LogP contribution in [0.15, 0.2) is 28.1 Å². The molecule has 0 bridgehead atoms. The zero-order chi connectivity index (χ0) is 14.0. The number of halogens is 2. The lowest BCUT2D eigenvalue weighted by molar-refractivity contribution is 0.399. The van der Waals surface area contributed by atoms with E-state index in [2.05, 4.69) is 44.8 Å². The lowest BCUT2D eigenvalue weighted by Gasteiger charge is -2.14. The van der Waals surface area contributed by atoms with Crippen molar-refractivity contribution in [2.75, 3.05) is 14.2 Å². The fourth-order valence-corrected chi connectivity index (χ4v) is 4.14. The molecule has 0 aliphatic rings. The first kappa shape index (κ1) is 14.9. The topological polar surface area (TPSA) is 18.5 Å². The Kier molecular flexibility index (Phi) is 4.92. The molecule has 5 heteroatoms. The highest BCUT2D eigenvalue weighted by atomic mass is 79.9. The van der Waals surface area contributed by atoms with Crippen LogP contribution in [-0.2, 0) is 0 Å². The summed E-state index contributed by atoms with van der Waals surface area (Å²) in [7, 11) is 3.35. The average Bonchev–Trinajstić information content (AvgIpc) is 2.77. The molecule has 0 saturated carbocycles. The first-order chi connectivity index (χ1) is 9.06. The van der Waals surface area contributed by atoms with Crippen molar-refractivity contribution in [3.8, 4) is 11.5 Å². The lowest BCUT2D eigenvalue weighted by atomic mass is 10.1. The number of rotatable bonds is 4. The van der Waals surface area contributed by atoms with E-state index in [9.17, 15) is 0 Å². The number of hydrogen-bond donors (Lipinski definition) is 0. The first-order valence-electron chi connectivity index (χ1n) is 5.68. The smallest absolute Gasteiger partial charge is 0.123 e. The first-order valence-corrected chi connectivity index (χ1v) is 8.21. The molecule has 0 radical (unpaired) electrons.